The topological polar surface area (TPSA) is 63.2 Å². The highest BCUT2D eigenvalue weighted by Gasteiger charge is 2.44. The zero-order valence-corrected chi connectivity index (χ0v) is 13.8. The van der Waals surface area contributed by atoms with Gasteiger partial charge in [0.05, 0.1) is 5.92 Å². The monoisotopic (exact) mass is 387 g/mol. The van der Waals surface area contributed by atoms with E-state index in [-0.39, 0.29) is 24.3 Å². The fourth-order valence-corrected chi connectivity index (χ4v) is 3.95. The molecule has 0 bridgehead atoms. The Morgan fingerprint density at radius 3 is 2.50 bits per heavy atom. The third kappa shape index (κ3) is 4.38. The van der Waals surface area contributed by atoms with Crippen LogP contribution in [0.4, 0.5) is 17.6 Å². The van der Waals surface area contributed by atoms with Crippen LogP contribution in [0.15, 0.2) is 23.1 Å². The molecule has 0 aromatic heterocycles. The van der Waals surface area contributed by atoms with E-state index in [1.807, 2.05) is 0 Å². The molecule has 10 heteroatoms. The normalized spacial score (nSPS) is 22.2. The molecule has 1 amide bonds. The molecule has 1 aromatic rings. The van der Waals surface area contributed by atoms with Crippen LogP contribution in [-0.4, -0.2) is 20.5 Å². The van der Waals surface area contributed by atoms with Gasteiger partial charge in [0, 0.05) is 10.9 Å². The molecule has 1 aliphatic carbocycles. The molecule has 1 saturated carbocycles. The summed E-state index contributed by atoms with van der Waals surface area (Å²) < 4.78 is 77.7. The average molecular weight is 388 g/mol. The fraction of sp³-hybridized carbons (Fsp3) is 0.500. The van der Waals surface area contributed by atoms with Gasteiger partial charge in [-0.05, 0) is 37.5 Å². The minimum Gasteiger partial charge on any atom is -0.274 e. The molecule has 1 aliphatic rings. The van der Waals surface area contributed by atoms with Gasteiger partial charge in [-0.2, -0.15) is 13.2 Å². The first-order valence-electron chi connectivity index (χ1n) is 7.09. The van der Waals surface area contributed by atoms with Gasteiger partial charge in [0.25, 0.3) is 10.0 Å². The fourth-order valence-electron chi connectivity index (χ4n) is 2.69. The van der Waals surface area contributed by atoms with Gasteiger partial charge >= 0.3 is 6.18 Å². The molecule has 0 aliphatic heterocycles. The third-order valence-electron chi connectivity index (χ3n) is 3.93. The lowest BCUT2D eigenvalue weighted by Crippen LogP contribution is -2.40. The summed E-state index contributed by atoms with van der Waals surface area (Å²) >= 11 is 5.52. The molecule has 0 heterocycles. The van der Waals surface area contributed by atoms with Crippen LogP contribution in [0.3, 0.4) is 0 Å². The molecular weight excluding hydrogens is 374 g/mol. The Kier molecular flexibility index (Phi) is 5.44. The van der Waals surface area contributed by atoms with Crippen molar-refractivity contribution in [2.24, 2.45) is 11.8 Å². The van der Waals surface area contributed by atoms with E-state index in [2.05, 4.69) is 0 Å². The van der Waals surface area contributed by atoms with E-state index in [0.29, 0.717) is 0 Å². The van der Waals surface area contributed by atoms with E-state index < -0.39 is 51.1 Å². The van der Waals surface area contributed by atoms with E-state index in [4.69, 9.17) is 11.6 Å². The van der Waals surface area contributed by atoms with Gasteiger partial charge in [-0.15, -0.1) is 0 Å². The molecule has 0 saturated heterocycles. The zero-order valence-electron chi connectivity index (χ0n) is 12.2. The van der Waals surface area contributed by atoms with Crippen LogP contribution >= 0.6 is 11.6 Å². The largest absolute Gasteiger partial charge is 0.391 e. The molecule has 2 atom stereocenters. The second kappa shape index (κ2) is 6.87. The Morgan fingerprint density at radius 1 is 1.25 bits per heavy atom. The molecule has 0 radical (unpaired) electrons. The average Bonchev–Trinajstić information content (AvgIpc) is 2.45. The zero-order chi connectivity index (χ0) is 18.1. The number of hydrogen-bond acceptors (Lipinski definition) is 3. The summed E-state index contributed by atoms with van der Waals surface area (Å²) in [5, 5.41) is -0.0296. The Morgan fingerprint density at radius 2 is 1.92 bits per heavy atom. The molecule has 1 fully saturated rings. The number of carbonyl (C=O) groups is 1. The summed E-state index contributed by atoms with van der Waals surface area (Å²) in [5.41, 5.74) is 0. The summed E-state index contributed by atoms with van der Waals surface area (Å²) in [4.78, 5) is 11.2. The van der Waals surface area contributed by atoms with E-state index in [1.54, 1.807) is 4.72 Å². The summed E-state index contributed by atoms with van der Waals surface area (Å²) in [6.45, 7) is 0. The van der Waals surface area contributed by atoms with Gasteiger partial charge in [-0.1, -0.05) is 18.0 Å². The number of rotatable bonds is 3. The first-order chi connectivity index (χ1) is 11.0. The summed E-state index contributed by atoms with van der Waals surface area (Å²) in [6, 6.07) is 2.78. The Labute approximate surface area is 141 Å². The smallest absolute Gasteiger partial charge is 0.274 e. The summed E-state index contributed by atoms with van der Waals surface area (Å²) in [5.74, 6) is -4.94. The number of benzene rings is 1. The second-order valence-corrected chi connectivity index (χ2v) is 7.73. The predicted molar refractivity (Wildman–Crippen MR) is 78.2 cm³/mol. The van der Waals surface area contributed by atoms with Crippen molar-refractivity contribution in [3.63, 3.8) is 0 Å². The van der Waals surface area contributed by atoms with Gasteiger partial charge in [0.2, 0.25) is 5.91 Å². The van der Waals surface area contributed by atoms with Gasteiger partial charge < -0.3 is 0 Å². The van der Waals surface area contributed by atoms with E-state index in [9.17, 15) is 30.8 Å². The van der Waals surface area contributed by atoms with Crippen LogP contribution in [0.25, 0.3) is 0 Å². The lowest BCUT2D eigenvalue weighted by molar-refractivity contribution is -0.186. The van der Waals surface area contributed by atoms with Crippen molar-refractivity contribution in [1.29, 1.82) is 0 Å². The van der Waals surface area contributed by atoms with Crippen LogP contribution < -0.4 is 4.72 Å². The van der Waals surface area contributed by atoms with Crippen molar-refractivity contribution in [3.05, 3.63) is 29.0 Å². The van der Waals surface area contributed by atoms with Gasteiger partial charge in [-0.25, -0.2) is 17.5 Å². The van der Waals surface area contributed by atoms with Crippen LogP contribution in [0, 0.1) is 17.7 Å². The van der Waals surface area contributed by atoms with Crippen molar-refractivity contribution in [3.8, 4) is 0 Å². The number of nitrogens with one attached hydrogen (secondary N) is 1. The number of sulfonamides is 1. The van der Waals surface area contributed by atoms with Crippen molar-refractivity contribution in [1.82, 2.24) is 4.72 Å². The standard InChI is InChI=1S/C14H14ClF4NO3S/c15-10-4-5-12(11(16)7-10)24(22,23)20-13(21)8-2-1-3-9(6-8)14(17,18)19/h4-5,7-9H,1-3,6H2,(H,20,21). The quantitative estimate of drug-likeness (QED) is 0.805. The SMILES string of the molecule is O=C(NS(=O)(=O)c1ccc(Cl)cc1F)C1CCCC(C(F)(F)F)C1. The number of hydrogen-bond donors (Lipinski definition) is 1. The number of alkyl halides is 3. The molecule has 1 aromatic carbocycles. The van der Waals surface area contributed by atoms with Crippen molar-refractivity contribution < 1.29 is 30.8 Å². The van der Waals surface area contributed by atoms with E-state index in [1.165, 1.54) is 0 Å². The number of amides is 1. The molecule has 2 unspecified atom stereocenters. The summed E-state index contributed by atoms with van der Waals surface area (Å²) in [6.07, 6.45) is -4.69. The molecule has 0 spiro atoms. The molecule has 4 nitrogen and oxygen atoms in total. The minimum absolute atomic E-state index is 0.0296. The lowest BCUT2D eigenvalue weighted by Gasteiger charge is -2.29. The van der Waals surface area contributed by atoms with Crippen LogP contribution in [0.5, 0.6) is 0 Å². The van der Waals surface area contributed by atoms with Crippen LogP contribution in [0.2, 0.25) is 5.02 Å². The Balaban J connectivity index is 2.13. The van der Waals surface area contributed by atoms with Crippen LogP contribution in [0.1, 0.15) is 25.7 Å². The minimum atomic E-state index is -4.52. The van der Waals surface area contributed by atoms with Crippen molar-refractivity contribution in [2.45, 2.75) is 36.8 Å². The maximum Gasteiger partial charge on any atom is 0.391 e. The Hall–Kier alpha value is -1.35. The van der Waals surface area contributed by atoms with Gasteiger partial charge in [0.15, 0.2) is 0 Å². The van der Waals surface area contributed by atoms with E-state index >= 15 is 0 Å². The molecule has 134 valence electrons. The first kappa shape index (κ1) is 19.0. The molecule has 24 heavy (non-hydrogen) atoms. The van der Waals surface area contributed by atoms with Crippen molar-refractivity contribution >= 4 is 27.5 Å². The predicted octanol–water partition coefficient (Wildman–Crippen LogP) is 3.65. The molecular formula is C14H14ClF4NO3S. The molecule has 2 rings (SSSR count). The number of carbonyl (C=O) groups excluding carboxylic acids is 1. The molecule has 1 N–H and O–H groups in total. The van der Waals surface area contributed by atoms with Crippen molar-refractivity contribution in [2.75, 3.05) is 0 Å². The second-order valence-electron chi connectivity index (χ2n) is 5.65. The maximum absolute atomic E-state index is 13.7. The van der Waals surface area contributed by atoms with Gasteiger partial charge in [-0.3, -0.25) is 4.79 Å². The maximum atomic E-state index is 13.7. The Bertz CT molecular complexity index is 736. The third-order valence-corrected chi connectivity index (χ3v) is 5.54. The number of halogens is 5. The highest BCUT2D eigenvalue weighted by Crippen LogP contribution is 2.40. The van der Waals surface area contributed by atoms with Crippen LogP contribution in [-0.2, 0) is 14.8 Å². The summed E-state index contributed by atoms with van der Waals surface area (Å²) in [7, 11) is -4.52. The van der Waals surface area contributed by atoms with Gasteiger partial charge in [0.1, 0.15) is 10.7 Å². The van der Waals surface area contributed by atoms with E-state index in [0.717, 1.165) is 18.2 Å². The first-order valence-corrected chi connectivity index (χ1v) is 8.95. The highest BCUT2D eigenvalue weighted by molar-refractivity contribution is 7.90. The lowest BCUT2D eigenvalue weighted by atomic mass is 9.81. The highest BCUT2D eigenvalue weighted by atomic mass is 35.5.